The lowest BCUT2D eigenvalue weighted by Gasteiger charge is -2.16. The number of hydrogen-bond acceptors (Lipinski definition) is 7. The number of phenolic OH excluding ortho intramolecular Hbond substituents is 2. The molecular weight excluding hydrogens is 564 g/mol. The smallest absolute Gasteiger partial charge is 0.180 e. The van der Waals surface area contributed by atoms with Gasteiger partial charge in [0.15, 0.2) is 17.5 Å². The van der Waals surface area contributed by atoms with Gasteiger partial charge in [0.1, 0.15) is 23.0 Å². The summed E-state index contributed by atoms with van der Waals surface area (Å²) in [6, 6.07) is 12.5. The maximum absolute atomic E-state index is 11.1. The predicted molar refractivity (Wildman–Crippen MR) is 181 cm³/mol. The van der Waals surface area contributed by atoms with Crippen molar-refractivity contribution in [1.29, 1.82) is 0 Å². The van der Waals surface area contributed by atoms with E-state index in [0.29, 0.717) is 65.1 Å². The summed E-state index contributed by atoms with van der Waals surface area (Å²) >= 11 is 0. The summed E-state index contributed by atoms with van der Waals surface area (Å²) in [6.45, 7) is 12.0. The second-order valence-electron chi connectivity index (χ2n) is 12.1. The van der Waals surface area contributed by atoms with E-state index >= 15 is 0 Å². The number of aromatic nitrogens is 4. The molecule has 8 nitrogen and oxygen atoms in total. The standard InChI is InChI=1S/C37H50N4O4/c1-7-11-13-26(9-3)23-44-28-15-17-30(33(42)20-28)35-38-36(40-37(39-35)32-19-25(5)22-41(32)6)31-18-16-29(21-34(31)43)45-24-27(10-4)14-12-8-2/h15-22,26-27,42-43H,7-14,23-24H2,1-6H3. The van der Waals surface area contributed by atoms with Crippen molar-refractivity contribution in [2.75, 3.05) is 13.2 Å². The highest BCUT2D eigenvalue weighted by atomic mass is 16.5. The van der Waals surface area contributed by atoms with E-state index < -0.39 is 0 Å². The Morgan fingerprint density at radius 1 is 0.689 bits per heavy atom. The number of aryl methyl sites for hydroxylation is 2. The number of nitrogens with zero attached hydrogens (tertiary/aromatic N) is 4. The Balaban J connectivity index is 1.65. The van der Waals surface area contributed by atoms with Gasteiger partial charge >= 0.3 is 0 Å². The van der Waals surface area contributed by atoms with Crippen LogP contribution in [-0.2, 0) is 7.05 Å². The quantitative estimate of drug-likeness (QED) is 0.122. The van der Waals surface area contributed by atoms with Crippen LogP contribution in [-0.4, -0.2) is 42.9 Å². The molecule has 0 spiro atoms. The second-order valence-corrected chi connectivity index (χ2v) is 12.1. The minimum atomic E-state index is 0.0155. The van der Waals surface area contributed by atoms with Crippen LogP contribution in [0.25, 0.3) is 34.3 Å². The molecule has 0 saturated carbocycles. The van der Waals surface area contributed by atoms with Gasteiger partial charge < -0.3 is 24.3 Å². The number of hydrogen-bond donors (Lipinski definition) is 2. The third kappa shape index (κ3) is 8.99. The van der Waals surface area contributed by atoms with E-state index in [2.05, 4.69) is 27.7 Å². The summed E-state index contributed by atoms with van der Waals surface area (Å²) in [4.78, 5) is 14.3. The van der Waals surface area contributed by atoms with E-state index in [4.69, 9.17) is 24.4 Å². The van der Waals surface area contributed by atoms with Gasteiger partial charge in [-0.1, -0.05) is 66.2 Å². The largest absolute Gasteiger partial charge is 0.507 e. The van der Waals surface area contributed by atoms with Crippen LogP contribution >= 0.6 is 0 Å². The van der Waals surface area contributed by atoms with Crippen LogP contribution in [0.2, 0.25) is 0 Å². The van der Waals surface area contributed by atoms with Gasteiger partial charge in [-0.2, -0.15) is 0 Å². The minimum Gasteiger partial charge on any atom is -0.507 e. The third-order valence-electron chi connectivity index (χ3n) is 8.48. The van der Waals surface area contributed by atoms with Gasteiger partial charge in [-0.05, 0) is 67.5 Å². The van der Waals surface area contributed by atoms with Crippen molar-refractivity contribution in [2.24, 2.45) is 18.9 Å². The van der Waals surface area contributed by atoms with Crippen LogP contribution in [0.3, 0.4) is 0 Å². The molecule has 2 aromatic carbocycles. The van der Waals surface area contributed by atoms with Crippen molar-refractivity contribution in [3.8, 4) is 57.3 Å². The molecule has 45 heavy (non-hydrogen) atoms. The zero-order valence-electron chi connectivity index (χ0n) is 27.8. The van der Waals surface area contributed by atoms with Crippen LogP contribution in [0.1, 0.15) is 84.6 Å². The van der Waals surface area contributed by atoms with Gasteiger partial charge in [-0.3, -0.25) is 0 Å². The van der Waals surface area contributed by atoms with E-state index in [1.807, 2.05) is 42.9 Å². The van der Waals surface area contributed by atoms with Gasteiger partial charge in [0.25, 0.3) is 0 Å². The van der Waals surface area contributed by atoms with E-state index in [0.717, 1.165) is 36.9 Å². The first-order chi connectivity index (χ1) is 21.8. The Kier molecular flexibility index (Phi) is 12.2. The Morgan fingerprint density at radius 3 is 1.53 bits per heavy atom. The molecular formula is C37H50N4O4. The molecule has 4 rings (SSSR count). The molecule has 0 aliphatic carbocycles. The van der Waals surface area contributed by atoms with Crippen LogP contribution < -0.4 is 9.47 Å². The fourth-order valence-electron chi connectivity index (χ4n) is 5.49. The summed E-state index contributed by atoms with van der Waals surface area (Å²) in [5.74, 6) is 3.24. The zero-order valence-corrected chi connectivity index (χ0v) is 27.8. The van der Waals surface area contributed by atoms with Crippen LogP contribution in [0.5, 0.6) is 23.0 Å². The highest BCUT2D eigenvalue weighted by molar-refractivity contribution is 5.72. The van der Waals surface area contributed by atoms with Crippen LogP contribution in [0, 0.1) is 18.8 Å². The van der Waals surface area contributed by atoms with Crippen molar-refractivity contribution in [3.05, 3.63) is 54.2 Å². The van der Waals surface area contributed by atoms with Crippen LogP contribution in [0.4, 0.5) is 0 Å². The summed E-state index contributed by atoms with van der Waals surface area (Å²) in [7, 11) is 1.94. The molecule has 0 bridgehead atoms. The fraction of sp³-hybridized carbons (Fsp3) is 0.486. The normalized spacial score (nSPS) is 12.7. The molecule has 2 N–H and O–H groups in total. The monoisotopic (exact) mass is 614 g/mol. The summed E-state index contributed by atoms with van der Waals surface area (Å²) < 4.78 is 14.1. The van der Waals surface area contributed by atoms with E-state index in [9.17, 15) is 10.2 Å². The molecule has 0 amide bonds. The number of ether oxygens (including phenoxy) is 2. The van der Waals surface area contributed by atoms with Crippen molar-refractivity contribution >= 4 is 0 Å². The highest BCUT2D eigenvalue weighted by Crippen LogP contribution is 2.36. The molecule has 2 unspecified atom stereocenters. The van der Waals surface area contributed by atoms with Gasteiger partial charge in [-0.25, -0.2) is 15.0 Å². The predicted octanol–water partition coefficient (Wildman–Crippen LogP) is 9.12. The molecule has 0 saturated heterocycles. The molecule has 0 aliphatic rings. The van der Waals surface area contributed by atoms with Gasteiger partial charge in [0, 0.05) is 25.4 Å². The molecule has 0 aliphatic heterocycles. The average Bonchev–Trinajstić information content (AvgIpc) is 3.38. The number of phenols is 2. The molecule has 0 radical (unpaired) electrons. The Morgan fingerprint density at radius 2 is 1.16 bits per heavy atom. The number of unbranched alkanes of at least 4 members (excludes halogenated alkanes) is 2. The molecule has 8 heteroatoms. The first-order valence-electron chi connectivity index (χ1n) is 16.6. The first kappa shape index (κ1) is 33.8. The maximum atomic E-state index is 11.1. The van der Waals surface area contributed by atoms with Crippen LogP contribution in [0.15, 0.2) is 48.7 Å². The molecule has 4 aromatic rings. The molecule has 2 heterocycles. The van der Waals surface area contributed by atoms with Crippen molar-refractivity contribution in [2.45, 2.75) is 86.0 Å². The first-order valence-corrected chi connectivity index (χ1v) is 16.6. The molecule has 0 fully saturated rings. The van der Waals surface area contributed by atoms with Crippen molar-refractivity contribution in [1.82, 2.24) is 19.5 Å². The highest BCUT2D eigenvalue weighted by Gasteiger charge is 2.19. The van der Waals surface area contributed by atoms with Gasteiger partial charge in [-0.15, -0.1) is 0 Å². The van der Waals surface area contributed by atoms with E-state index in [1.165, 1.54) is 25.7 Å². The molecule has 242 valence electrons. The van der Waals surface area contributed by atoms with E-state index in [-0.39, 0.29) is 11.5 Å². The SMILES string of the molecule is CCCCC(CC)COc1ccc(-c2nc(-c3ccc(OCC(CC)CCCC)cc3O)nc(-c3cc(C)cn3C)n2)c(O)c1. The van der Waals surface area contributed by atoms with E-state index in [1.54, 1.807) is 24.3 Å². The lowest BCUT2D eigenvalue weighted by atomic mass is 10.0. The van der Waals surface area contributed by atoms with Gasteiger partial charge in [0.05, 0.1) is 30.0 Å². The number of rotatable bonds is 17. The second kappa shape index (κ2) is 16.3. The summed E-state index contributed by atoms with van der Waals surface area (Å²) in [5.41, 5.74) is 2.77. The molecule has 2 atom stereocenters. The Hall–Kier alpha value is -4.07. The average molecular weight is 615 g/mol. The Labute approximate surface area is 268 Å². The molecule has 2 aromatic heterocycles. The van der Waals surface area contributed by atoms with Crippen molar-refractivity contribution in [3.63, 3.8) is 0 Å². The lowest BCUT2D eigenvalue weighted by molar-refractivity contribution is 0.232. The number of aromatic hydroxyl groups is 2. The minimum absolute atomic E-state index is 0.0155. The lowest BCUT2D eigenvalue weighted by Crippen LogP contribution is -2.11. The maximum Gasteiger partial charge on any atom is 0.180 e. The summed E-state index contributed by atoms with van der Waals surface area (Å²) in [5, 5.41) is 22.2. The Bertz CT molecular complexity index is 1450. The fourth-order valence-corrected chi connectivity index (χ4v) is 5.49. The number of benzene rings is 2. The van der Waals surface area contributed by atoms with Gasteiger partial charge in [0.2, 0.25) is 0 Å². The zero-order chi connectivity index (χ0) is 32.3. The van der Waals surface area contributed by atoms with Crippen molar-refractivity contribution < 1.29 is 19.7 Å². The summed E-state index contributed by atoms with van der Waals surface area (Å²) in [6.07, 6.45) is 11.1. The third-order valence-corrected chi connectivity index (χ3v) is 8.48. The topological polar surface area (TPSA) is 103 Å².